The average Bonchev–Trinajstić information content (AvgIpc) is 2.66. The van der Waals surface area contributed by atoms with E-state index in [1.54, 1.807) is 0 Å². The fraction of sp³-hybridized carbons (Fsp3) is 0.727. The number of hydrogen-bond donors (Lipinski definition) is 2. The molecule has 0 aromatic carbocycles. The molecule has 7 heteroatoms. The number of hydrogen-bond acceptors (Lipinski definition) is 3. The van der Waals surface area contributed by atoms with Gasteiger partial charge in [-0.05, 0) is 11.5 Å². The number of nitrogens with zero attached hydrogens (tertiary/aromatic N) is 2. The summed E-state index contributed by atoms with van der Waals surface area (Å²) in [4.78, 5) is 0. The summed E-state index contributed by atoms with van der Waals surface area (Å²) >= 11 is 0. The highest BCUT2D eigenvalue weighted by molar-refractivity contribution is 5.05. The summed E-state index contributed by atoms with van der Waals surface area (Å²) in [6.07, 6.45) is -3.30. The molecule has 18 heavy (non-hydrogen) atoms. The Morgan fingerprint density at radius 1 is 1.39 bits per heavy atom. The Hall–Kier alpha value is -1.08. The zero-order valence-corrected chi connectivity index (χ0v) is 10.6. The summed E-state index contributed by atoms with van der Waals surface area (Å²) < 4.78 is 38.4. The molecule has 104 valence electrons. The van der Waals surface area contributed by atoms with Gasteiger partial charge in [-0.25, -0.2) is 0 Å². The van der Waals surface area contributed by atoms with Gasteiger partial charge in [0.1, 0.15) is 0 Å². The van der Waals surface area contributed by atoms with Crippen LogP contribution < -0.4 is 5.73 Å². The molecular formula is C11H18F3N3O. The second-order valence-electron chi connectivity index (χ2n) is 5.32. The van der Waals surface area contributed by atoms with E-state index in [9.17, 15) is 18.3 Å². The summed E-state index contributed by atoms with van der Waals surface area (Å²) in [7, 11) is 0. The van der Waals surface area contributed by atoms with E-state index < -0.39 is 24.0 Å². The van der Waals surface area contributed by atoms with Crippen LogP contribution in [0.5, 0.6) is 0 Å². The van der Waals surface area contributed by atoms with Crippen LogP contribution >= 0.6 is 0 Å². The van der Waals surface area contributed by atoms with Gasteiger partial charge in [0.05, 0.1) is 12.6 Å². The van der Waals surface area contributed by atoms with Gasteiger partial charge in [-0.2, -0.15) is 18.3 Å². The van der Waals surface area contributed by atoms with Crippen LogP contribution in [-0.2, 0) is 6.18 Å². The molecule has 2 unspecified atom stereocenters. The van der Waals surface area contributed by atoms with Gasteiger partial charge in [-0.1, -0.05) is 20.8 Å². The first-order chi connectivity index (χ1) is 8.07. The maximum atomic E-state index is 12.4. The molecule has 2 atom stereocenters. The van der Waals surface area contributed by atoms with E-state index in [4.69, 9.17) is 5.73 Å². The van der Waals surface area contributed by atoms with Crippen LogP contribution in [0.1, 0.15) is 32.5 Å². The second kappa shape index (κ2) is 4.89. The Labute approximate surface area is 104 Å². The van der Waals surface area contributed by atoms with E-state index >= 15 is 0 Å². The molecule has 0 aliphatic heterocycles. The van der Waals surface area contributed by atoms with Crippen LogP contribution in [0, 0.1) is 5.41 Å². The van der Waals surface area contributed by atoms with Crippen molar-refractivity contribution in [3.05, 3.63) is 18.0 Å². The van der Waals surface area contributed by atoms with Crippen LogP contribution in [-0.4, -0.2) is 27.5 Å². The van der Waals surface area contributed by atoms with Gasteiger partial charge in [0.25, 0.3) is 0 Å². The standard InChI is InChI=1S/C11H18F3N3O/c1-10(2,3)9(15)7(6-18)17-5-4-8(16-17)11(12,13)14/h4-5,7,9,18H,6,15H2,1-3H3. The molecule has 0 aliphatic carbocycles. The minimum atomic E-state index is -4.49. The van der Waals surface area contributed by atoms with E-state index in [1.165, 1.54) is 6.20 Å². The van der Waals surface area contributed by atoms with Crippen molar-refractivity contribution in [3.63, 3.8) is 0 Å². The van der Waals surface area contributed by atoms with Gasteiger partial charge in [0.2, 0.25) is 0 Å². The molecule has 0 aliphatic rings. The van der Waals surface area contributed by atoms with Gasteiger partial charge >= 0.3 is 6.18 Å². The predicted molar refractivity (Wildman–Crippen MR) is 60.8 cm³/mol. The quantitative estimate of drug-likeness (QED) is 0.876. The molecule has 4 nitrogen and oxygen atoms in total. The molecule has 0 saturated carbocycles. The van der Waals surface area contributed by atoms with Crippen LogP contribution in [0.4, 0.5) is 13.2 Å². The fourth-order valence-corrected chi connectivity index (χ4v) is 1.61. The zero-order valence-electron chi connectivity index (χ0n) is 10.6. The Bertz CT molecular complexity index is 395. The lowest BCUT2D eigenvalue weighted by Crippen LogP contribution is -2.44. The van der Waals surface area contributed by atoms with Crippen molar-refractivity contribution in [3.8, 4) is 0 Å². The number of rotatable bonds is 3. The molecule has 1 rings (SSSR count). The average molecular weight is 265 g/mol. The Kier molecular flexibility index (Phi) is 4.07. The SMILES string of the molecule is CC(C)(C)C(N)C(CO)n1ccc(C(F)(F)F)n1. The maximum Gasteiger partial charge on any atom is 0.435 e. The molecule has 0 saturated heterocycles. The minimum absolute atomic E-state index is 0.349. The molecule has 0 fully saturated rings. The highest BCUT2D eigenvalue weighted by Gasteiger charge is 2.36. The van der Waals surface area contributed by atoms with Crippen molar-refractivity contribution in [2.45, 2.75) is 39.0 Å². The third kappa shape index (κ3) is 3.23. The van der Waals surface area contributed by atoms with Crippen molar-refractivity contribution in [2.75, 3.05) is 6.61 Å². The van der Waals surface area contributed by atoms with Crippen molar-refractivity contribution in [2.24, 2.45) is 11.1 Å². The first-order valence-electron chi connectivity index (χ1n) is 5.56. The fourth-order valence-electron chi connectivity index (χ4n) is 1.61. The number of aromatic nitrogens is 2. The summed E-state index contributed by atoms with van der Waals surface area (Å²) in [6.45, 7) is 5.20. The normalized spacial score (nSPS) is 16.7. The lowest BCUT2D eigenvalue weighted by molar-refractivity contribution is -0.141. The Morgan fingerprint density at radius 3 is 2.28 bits per heavy atom. The van der Waals surface area contributed by atoms with E-state index in [0.29, 0.717) is 0 Å². The minimum Gasteiger partial charge on any atom is -0.394 e. The van der Waals surface area contributed by atoms with Gasteiger partial charge in [0, 0.05) is 12.2 Å². The van der Waals surface area contributed by atoms with Gasteiger partial charge in [0.15, 0.2) is 5.69 Å². The van der Waals surface area contributed by atoms with Gasteiger partial charge < -0.3 is 10.8 Å². The maximum absolute atomic E-state index is 12.4. The molecular weight excluding hydrogens is 247 g/mol. The number of aliphatic hydroxyl groups is 1. The van der Waals surface area contributed by atoms with Crippen LogP contribution in [0.3, 0.4) is 0 Å². The van der Waals surface area contributed by atoms with Crippen LogP contribution in [0.2, 0.25) is 0 Å². The van der Waals surface area contributed by atoms with E-state index in [0.717, 1.165) is 10.7 Å². The molecule has 3 N–H and O–H groups in total. The van der Waals surface area contributed by atoms with E-state index in [2.05, 4.69) is 5.10 Å². The third-order valence-electron chi connectivity index (χ3n) is 2.84. The lowest BCUT2D eigenvalue weighted by Gasteiger charge is -2.33. The van der Waals surface area contributed by atoms with Crippen molar-refractivity contribution in [1.29, 1.82) is 0 Å². The number of nitrogens with two attached hydrogens (primary N) is 1. The van der Waals surface area contributed by atoms with E-state index in [1.807, 2.05) is 20.8 Å². The highest BCUT2D eigenvalue weighted by atomic mass is 19.4. The van der Waals surface area contributed by atoms with Crippen molar-refractivity contribution in [1.82, 2.24) is 9.78 Å². The molecule has 1 aromatic rings. The largest absolute Gasteiger partial charge is 0.435 e. The topological polar surface area (TPSA) is 64.1 Å². The summed E-state index contributed by atoms with van der Waals surface area (Å²) in [5, 5.41) is 12.7. The molecule has 1 aromatic heterocycles. The number of halogens is 3. The summed E-state index contributed by atoms with van der Waals surface area (Å²) in [5.74, 6) is 0. The molecule has 0 amide bonds. The van der Waals surface area contributed by atoms with E-state index in [-0.39, 0.29) is 12.0 Å². The first kappa shape index (κ1) is 15.0. The van der Waals surface area contributed by atoms with Crippen LogP contribution in [0.25, 0.3) is 0 Å². The number of aliphatic hydroxyl groups excluding tert-OH is 1. The van der Waals surface area contributed by atoms with Crippen molar-refractivity contribution >= 4 is 0 Å². The molecule has 1 heterocycles. The first-order valence-corrected chi connectivity index (χ1v) is 5.56. The Balaban J connectivity index is 3.00. The van der Waals surface area contributed by atoms with Gasteiger partial charge in [-0.3, -0.25) is 4.68 Å². The predicted octanol–water partition coefficient (Wildman–Crippen LogP) is 1.81. The number of alkyl halides is 3. The molecule has 0 bridgehead atoms. The lowest BCUT2D eigenvalue weighted by atomic mass is 9.83. The van der Waals surface area contributed by atoms with Crippen LogP contribution in [0.15, 0.2) is 12.3 Å². The third-order valence-corrected chi connectivity index (χ3v) is 2.84. The van der Waals surface area contributed by atoms with Gasteiger partial charge in [-0.15, -0.1) is 0 Å². The Morgan fingerprint density at radius 2 is 1.94 bits per heavy atom. The second-order valence-corrected chi connectivity index (χ2v) is 5.32. The van der Waals surface area contributed by atoms with Crippen molar-refractivity contribution < 1.29 is 18.3 Å². The smallest absolute Gasteiger partial charge is 0.394 e. The summed E-state index contributed by atoms with van der Waals surface area (Å²) in [5.41, 5.74) is 4.62. The highest BCUT2D eigenvalue weighted by Crippen LogP contribution is 2.30. The molecule has 0 radical (unpaired) electrons. The zero-order chi connectivity index (χ0) is 14.1. The molecule has 0 spiro atoms. The monoisotopic (exact) mass is 265 g/mol. The summed E-state index contributed by atoms with van der Waals surface area (Å²) in [6, 6.07) is -0.317.